The molecular formula is C20H32N4O2. The lowest BCUT2D eigenvalue weighted by Gasteiger charge is -2.35. The number of nitrogens with one attached hydrogen (secondary N) is 2. The van der Waals surface area contributed by atoms with Crippen molar-refractivity contribution in [3.05, 3.63) is 35.4 Å². The lowest BCUT2D eigenvalue weighted by Crippen LogP contribution is -2.47. The van der Waals surface area contributed by atoms with Gasteiger partial charge in [-0.3, -0.25) is 9.89 Å². The van der Waals surface area contributed by atoms with Crippen molar-refractivity contribution in [2.75, 3.05) is 53.0 Å². The van der Waals surface area contributed by atoms with Gasteiger partial charge in [-0.05, 0) is 25.3 Å². The summed E-state index contributed by atoms with van der Waals surface area (Å²) in [5, 5.41) is 6.91. The van der Waals surface area contributed by atoms with Crippen molar-refractivity contribution in [3.8, 4) is 0 Å². The third-order valence-electron chi connectivity index (χ3n) is 5.12. The minimum absolute atomic E-state index is 0.306. The third-order valence-corrected chi connectivity index (χ3v) is 5.12. The second-order valence-electron chi connectivity index (χ2n) is 7.05. The van der Waals surface area contributed by atoms with E-state index in [0.717, 1.165) is 64.8 Å². The minimum atomic E-state index is 0.306. The fourth-order valence-corrected chi connectivity index (χ4v) is 3.65. The van der Waals surface area contributed by atoms with Crippen LogP contribution in [-0.2, 0) is 9.47 Å². The molecule has 0 radical (unpaired) electrons. The normalized spacial score (nSPS) is 23.0. The molecule has 144 valence electrons. The fraction of sp³-hybridized carbons (Fsp3) is 0.650. The number of aryl methyl sites for hydroxylation is 1. The summed E-state index contributed by atoms with van der Waals surface area (Å²) in [5.41, 5.74) is 2.63. The van der Waals surface area contributed by atoms with E-state index >= 15 is 0 Å². The molecule has 2 saturated heterocycles. The first-order valence-corrected chi connectivity index (χ1v) is 9.71. The van der Waals surface area contributed by atoms with E-state index in [9.17, 15) is 0 Å². The predicted octanol–water partition coefficient (Wildman–Crippen LogP) is 1.71. The molecule has 2 unspecified atom stereocenters. The average molecular weight is 361 g/mol. The Morgan fingerprint density at radius 3 is 2.81 bits per heavy atom. The summed E-state index contributed by atoms with van der Waals surface area (Å²) in [6.45, 7) is 8.17. The molecule has 3 rings (SSSR count). The Bertz CT molecular complexity index is 581. The Hall–Kier alpha value is -1.63. The summed E-state index contributed by atoms with van der Waals surface area (Å²) in [6, 6.07) is 9.10. The van der Waals surface area contributed by atoms with Gasteiger partial charge in [-0.1, -0.05) is 29.8 Å². The number of rotatable bonds is 6. The van der Waals surface area contributed by atoms with Gasteiger partial charge >= 0.3 is 0 Å². The Labute approximate surface area is 157 Å². The summed E-state index contributed by atoms with van der Waals surface area (Å²) >= 11 is 0. The smallest absolute Gasteiger partial charge is 0.191 e. The molecule has 0 aromatic heterocycles. The Balaban J connectivity index is 1.60. The van der Waals surface area contributed by atoms with Crippen molar-refractivity contribution in [3.63, 3.8) is 0 Å². The number of ether oxygens (including phenoxy) is 2. The highest BCUT2D eigenvalue weighted by Gasteiger charge is 2.23. The van der Waals surface area contributed by atoms with Gasteiger partial charge in [0, 0.05) is 39.8 Å². The number of guanidine groups is 1. The van der Waals surface area contributed by atoms with Crippen LogP contribution in [0, 0.1) is 6.92 Å². The van der Waals surface area contributed by atoms with Crippen molar-refractivity contribution < 1.29 is 9.47 Å². The van der Waals surface area contributed by atoms with Gasteiger partial charge in [-0.15, -0.1) is 0 Å². The highest BCUT2D eigenvalue weighted by Crippen LogP contribution is 2.22. The Kier molecular flexibility index (Phi) is 7.29. The monoisotopic (exact) mass is 360 g/mol. The lowest BCUT2D eigenvalue weighted by atomic mass is 10.0. The van der Waals surface area contributed by atoms with Gasteiger partial charge in [-0.25, -0.2) is 0 Å². The molecule has 6 heteroatoms. The quantitative estimate of drug-likeness (QED) is 0.597. The zero-order valence-corrected chi connectivity index (χ0v) is 16.0. The van der Waals surface area contributed by atoms with E-state index in [1.54, 1.807) is 0 Å². The number of morpholine rings is 1. The molecule has 2 aliphatic rings. The van der Waals surface area contributed by atoms with E-state index in [4.69, 9.17) is 9.47 Å². The first-order chi connectivity index (χ1) is 12.8. The van der Waals surface area contributed by atoms with Crippen molar-refractivity contribution in [1.29, 1.82) is 0 Å². The molecule has 1 aromatic rings. The van der Waals surface area contributed by atoms with Crippen LogP contribution in [0.4, 0.5) is 0 Å². The largest absolute Gasteiger partial charge is 0.379 e. The molecule has 2 N–H and O–H groups in total. The van der Waals surface area contributed by atoms with Crippen LogP contribution in [0.3, 0.4) is 0 Å². The zero-order chi connectivity index (χ0) is 18.2. The van der Waals surface area contributed by atoms with Crippen LogP contribution in [0.25, 0.3) is 0 Å². The number of hydrogen-bond donors (Lipinski definition) is 2. The molecule has 2 aliphatic heterocycles. The van der Waals surface area contributed by atoms with E-state index in [1.807, 2.05) is 7.05 Å². The molecule has 0 saturated carbocycles. The second-order valence-corrected chi connectivity index (χ2v) is 7.05. The van der Waals surface area contributed by atoms with Crippen molar-refractivity contribution in [1.82, 2.24) is 15.5 Å². The van der Waals surface area contributed by atoms with Crippen LogP contribution in [0.1, 0.15) is 30.0 Å². The van der Waals surface area contributed by atoms with Crippen LogP contribution < -0.4 is 10.6 Å². The van der Waals surface area contributed by atoms with Gasteiger partial charge in [-0.2, -0.15) is 0 Å². The van der Waals surface area contributed by atoms with Crippen LogP contribution >= 0.6 is 0 Å². The van der Waals surface area contributed by atoms with Crippen LogP contribution in [0.5, 0.6) is 0 Å². The van der Waals surface area contributed by atoms with E-state index in [2.05, 4.69) is 51.7 Å². The van der Waals surface area contributed by atoms with Gasteiger partial charge in [0.25, 0.3) is 0 Å². The van der Waals surface area contributed by atoms with Gasteiger partial charge in [0.1, 0.15) is 0 Å². The van der Waals surface area contributed by atoms with Crippen molar-refractivity contribution >= 4 is 5.96 Å². The molecular weight excluding hydrogens is 328 g/mol. The summed E-state index contributed by atoms with van der Waals surface area (Å²) in [5.74, 6) is 0.839. The van der Waals surface area contributed by atoms with Crippen molar-refractivity contribution in [2.45, 2.75) is 31.9 Å². The van der Waals surface area contributed by atoms with Crippen LogP contribution in [-0.4, -0.2) is 70.0 Å². The molecule has 2 fully saturated rings. The lowest BCUT2D eigenvalue weighted by molar-refractivity contribution is 0.0169. The molecule has 0 aliphatic carbocycles. The SMILES string of the molecule is CN=C(NCC1CCCO1)NCC(c1cccc(C)c1)N1CCOCC1. The first kappa shape index (κ1) is 19.1. The molecule has 2 atom stereocenters. The molecule has 0 bridgehead atoms. The standard InChI is InChI=1S/C20H32N4O2/c1-16-5-3-6-17(13-16)19(24-8-11-25-12-9-24)15-23-20(21-2)22-14-18-7-4-10-26-18/h3,5-6,13,18-19H,4,7-12,14-15H2,1-2H3,(H2,21,22,23). The first-order valence-electron chi connectivity index (χ1n) is 9.71. The minimum Gasteiger partial charge on any atom is -0.379 e. The summed E-state index contributed by atoms with van der Waals surface area (Å²) in [6.07, 6.45) is 2.59. The van der Waals surface area contributed by atoms with Gasteiger partial charge < -0.3 is 20.1 Å². The van der Waals surface area contributed by atoms with Crippen LogP contribution in [0.2, 0.25) is 0 Å². The Morgan fingerprint density at radius 1 is 1.27 bits per heavy atom. The molecule has 26 heavy (non-hydrogen) atoms. The van der Waals surface area contributed by atoms with Gasteiger partial charge in [0.15, 0.2) is 5.96 Å². The van der Waals surface area contributed by atoms with Crippen molar-refractivity contribution in [2.24, 2.45) is 4.99 Å². The second kappa shape index (κ2) is 9.90. The maximum absolute atomic E-state index is 5.68. The van der Waals surface area contributed by atoms with E-state index < -0.39 is 0 Å². The number of nitrogens with zero attached hydrogens (tertiary/aromatic N) is 2. The summed E-state index contributed by atoms with van der Waals surface area (Å²) in [4.78, 5) is 6.87. The van der Waals surface area contributed by atoms with E-state index in [0.29, 0.717) is 12.1 Å². The average Bonchev–Trinajstić information content (AvgIpc) is 3.19. The van der Waals surface area contributed by atoms with Gasteiger partial charge in [0.05, 0.1) is 25.4 Å². The number of hydrogen-bond acceptors (Lipinski definition) is 4. The molecule has 6 nitrogen and oxygen atoms in total. The maximum Gasteiger partial charge on any atom is 0.191 e. The Morgan fingerprint density at radius 2 is 2.12 bits per heavy atom. The number of aliphatic imine (C=N–C) groups is 1. The molecule has 0 spiro atoms. The van der Waals surface area contributed by atoms with Crippen LogP contribution in [0.15, 0.2) is 29.3 Å². The molecule has 1 aromatic carbocycles. The highest BCUT2D eigenvalue weighted by molar-refractivity contribution is 5.79. The number of benzene rings is 1. The highest BCUT2D eigenvalue weighted by atomic mass is 16.5. The fourth-order valence-electron chi connectivity index (χ4n) is 3.65. The third kappa shape index (κ3) is 5.43. The zero-order valence-electron chi connectivity index (χ0n) is 16.0. The predicted molar refractivity (Wildman–Crippen MR) is 105 cm³/mol. The van der Waals surface area contributed by atoms with E-state index in [-0.39, 0.29) is 0 Å². The van der Waals surface area contributed by atoms with Gasteiger partial charge in [0.2, 0.25) is 0 Å². The summed E-state index contributed by atoms with van der Waals surface area (Å²) < 4.78 is 11.2. The maximum atomic E-state index is 5.68. The summed E-state index contributed by atoms with van der Waals surface area (Å²) in [7, 11) is 1.82. The molecule has 2 heterocycles. The molecule has 0 amide bonds. The topological polar surface area (TPSA) is 58.1 Å². The van der Waals surface area contributed by atoms with E-state index in [1.165, 1.54) is 11.1 Å².